The van der Waals surface area contributed by atoms with E-state index in [4.69, 9.17) is 11.6 Å². The molecule has 2 rings (SSSR count). The van der Waals surface area contributed by atoms with Gasteiger partial charge in [0.05, 0.1) is 11.9 Å². The summed E-state index contributed by atoms with van der Waals surface area (Å²) in [6.45, 7) is 3.40. The first-order valence-electron chi connectivity index (χ1n) is 10.1. The molecule has 0 spiro atoms. The predicted octanol–water partition coefficient (Wildman–Crippen LogP) is 3.19. The predicted molar refractivity (Wildman–Crippen MR) is 123 cm³/mol. The third kappa shape index (κ3) is 7.20. The molecular weight excluding hydrogens is 457 g/mol. The van der Waals surface area contributed by atoms with Crippen LogP contribution in [0.25, 0.3) is 0 Å². The SMILES string of the molecule is CCCNC(=O)[C@H](C)N(Cc1ccc(F)cc1)C(=O)CN(c1cccc(Cl)c1)S(C)(=O)=O. The average molecular weight is 484 g/mol. The molecule has 1 atom stereocenters. The number of benzene rings is 2. The molecule has 0 radical (unpaired) electrons. The number of amides is 2. The number of anilines is 1. The van der Waals surface area contributed by atoms with Gasteiger partial charge < -0.3 is 10.2 Å². The third-order valence-electron chi connectivity index (χ3n) is 4.76. The van der Waals surface area contributed by atoms with Crippen molar-refractivity contribution in [1.82, 2.24) is 10.2 Å². The molecule has 2 aromatic carbocycles. The second-order valence-electron chi connectivity index (χ2n) is 7.36. The first-order valence-corrected chi connectivity index (χ1v) is 12.3. The Balaban J connectivity index is 2.35. The minimum Gasteiger partial charge on any atom is -0.354 e. The van der Waals surface area contributed by atoms with E-state index in [1.165, 1.54) is 41.3 Å². The van der Waals surface area contributed by atoms with Crippen molar-refractivity contribution in [2.75, 3.05) is 23.7 Å². The van der Waals surface area contributed by atoms with Crippen LogP contribution in [0.5, 0.6) is 0 Å². The molecule has 0 aliphatic rings. The van der Waals surface area contributed by atoms with Gasteiger partial charge in [-0.15, -0.1) is 0 Å². The molecule has 0 bridgehead atoms. The van der Waals surface area contributed by atoms with E-state index in [1.807, 2.05) is 6.92 Å². The van der Waals surface area contributed by atoms with Gasteiger partial charge in [0, 0.05) is 18.1 Å². The van der Waals surface area contributed by atoms with Gasteiger partial charge >= 0.3 is 0 Å². The van der Waals surface area contributed by atoms with Crippen molar-refractivity contribution in [3.8, 4) is 0 Å². The van der Waals surface area contributed by atoms with Crippen molar-refractivity contribution in [1.29, 1.82) is 0 Å². The smallest absolute Gasteiger partial charge is 0.244 e. The van der Waals surface area contributed by atoms with E-state index in [1.54, 1.807) is 19.1 Å². The number of hydrogen-bond acceptors (Lipinski definition) is 4. The minimum absolute atomic E-state index is 0.00692. The van der Waals surface area contributed by atoms with E-state index in [9.17, 15) is 22.4 Å². The molecule has 2 amide bonds. The fourth-order valence-electron chi connectivity index (χ4n) is 3.01. The van der Waals surface area contributed by atoms with Gasteiger partial charge in [0.25, 0.3) is 0 Å². The monoisotopic (exact) mass is 483 g/mol. The lowest BCUT2D eigenvalue weighted by Gasteiger charge is -2.31. The zero-order valence-corrected chi connectivity index (χ0v) is 19.8. The van der Waals surface area contributed by atoms with Crippen LogP contribution in [-0.2, 0) is 26.2 Å². The molecule has 0 fully saturated rings. The Morgan fingerprint density at radius 1 is 1.16 bits per heavy atom. The molecule has 0 aromatic heterocycles. The summed E-state index contributed by atoms with van der Waals surface area (Å²) in [5.41, 5.74) is 0.835. The number of carbonyl (C=O) groups is 2. The third-order valence-corrected chi connectivity index (χ3v) is 6.13. The highest BCUT2D eigenvalue weighted by Gasteiger charge is 2.30. The number of nitrogens with zero attached hydrogens (tertiary/aromatic N) is 2. The van der Waals surface area contributed by atoms with Crippen molar-refractivity contribution >= 4 is 39.1 Å². The lowest BCUT2D eigenvalue weighted by molar-refractivity contribution is -0.139. The van der Waals surface area contributed by atoms with Gasteiger partial charge in [-0.2, -0.15) is 0 Å². The van der Waals surface area contributed by atoms with Crippen molar-refractivity contribution in [3.05, 3.63) is 64.9 Å². The highest BCUT2D eigenvalue weighted by Crippen LogP contribution is 2.22. The Morgan fingerprint density at radius 3 is 2.38 bits per heavy atom. The van der Waals surface area contributed by atoms with E-state index in [0.717, 1.165) is 17.0 Å². The Morgan fingerprint density at radius 2 is 1.81 bits per heavy atom. The molecule has 0 saturated carbocycles. The first kappa shape index (κ1) is 25.6. The Bertz CT molecular complexity index is 1050. The lowest BCUT2D eigenvalue weighted by atomic mass is 10.1. The van der Waals surface area contributed by atoms with Gasteiger partial charge in [-0.1, -0.05) is 36.7 Å². The molecule has 2 aromatic rings. The summed E-state index contributed by atoms with van der Waals surface area (Å²) < 4.78 is 39.1. The van der Waals surface area contributed by atoms with Crippen LogP contribution < -0.4 is 9.62 Å². The summed E-state index contributed by atoms with van der Waals surface area (Å²) in [6.07, 6.45) is 1.71. The number of hydrogen-bond donors (Lipinski definition) is 1. The normalized spacial score (nSPS) is 12.2. The highest BCUT2D eigenvalue weighted by molar-refractivity contribution is 7.92. The van der Waals surface area contributed by atoms with Crippen LogP contribution in [0.3, 0.4) is 0 Å². The van der Waals surface area contributed by atoms with E-state index in [0.29, 0.717) is 17.1 Å². The summed E-state index contributed by atoms with van der Waals surface area (Å²) in [7, 11) is -3.82. The summed E-state index contributed by atoms with van der Waals surface area (Å²) in [5, 5.41) is 3.06. The van der Waals surface area contributed by atoms with Gasteiger partial charge in [0.1, 0.15) is 18.4 Å². The van der Waals surface area contributed by atoms with Crippen LogP contribution in [0.2, 0.25) is 5.02 Å². The number of nitrogens with one attached hydrogen (secondary N) is 1. The van der Waals surface area contributed by atoms with Gasteiger partial charge in [0.2, 0.25) is 21.8 Å². The van der Waals surface area contributed by atoms with Crippen LogP contribution in [0.4, 0.5) is 10.1 Å². The maximum absolute atomic E-state index is 13.3. The summed E-state index contributed by atoms with van der Waals surface area (Å²) in [5.74, 6) is -1.38. The van der Waals surface area contributed by atoms with Crippen molar-refractivity contribution in [2.45, 2.75) is 32.9 Å². The van der Waals surface area contributed by atoms with Crippen LogP contribution >= 0.6 is 11.6 Å². The molecule has 7 nitrogen and oxygen atoms in total. The van der Waals surface area contributed by atoms with E-state index >= 15 is 0 Å². The average Bonchev–Trinajstić information content (AvgIpc) is 2.73. The summed E-state index contributed by atoms with van der Waals surface area (Å²) in [6, 6.07) is 10.8. The Kier molecular flexibility index (Phi) is 9.03. The van der Waals surface area contributed by atoms with Crippen molar-refractivity contribution in [3.63, 3.8) is 0 Å². The molecule has 0 aliphatic heterocycles. The fourth-order valence-corrected chi connectivity index (χ4v) is 4.04. The van der Waals surface area contributed by atoms with E-state index < -0.39 is 34.3 Å². The van der Waals surface area contributed by atoms with Gasteiger partial charge in [0.15, 0.2) is 0 Å². The molecule has 0 unspecified atom stereocenters. The first-order chi connectivity index (χ1) is 15.0. The molecule has 1 N–H and O–H groups in total. The van der Waals surface area contributed by atoms with Gasteiger partial charge in [-0.05, 0) is 49.2 Å². The van der Waals surface area contributed by atoms with Crippen molar-refractivity contribution < 1.29 is 22.4 Å². The molecule has 0 aliphatic carbocycles. The summed E-state index contributed by atoms with van der Waals surface area (Å²) in [4.78, 5) is 27.1. The van der Waals surface area contributed by atoms with E-state index in [-0.39, 0.29) is 18.1 Å². The number of carbonyl (C=O) groups excluding carboxylic acids is 2. The molecule has 174 valence electrons. The molecule has 0 saturated heterocycles. The summed E-state index contributed by atoms with van der Waals surface area (Å²) >= 11 is 6.00. The fraction of sp³-hybridized carbons (Fsp3) is 0.364. The highest BCUT2D eigenvalue weighted by atomic mass is 35.5. The Labute approximate surface area is 193 Å². The number of halogens is 2. The number of sulfonamides is 1. The lowest BCUT2D eigenvalue weighted by Crippen LogP contribution is -2.51. The number of rotatable bonds is 10. The maximum atomic E-state index is 13.3. The van der Waals surface area contributed by atoms with Crippen molar-refractivity contribution in [2.24, 2.45) is 0 Å². The Hall–Kier alpha value is -2.65. The molecular formula is C22H27ClFN3O4S. The second kappa shape index (κ2) is 11.3. The second-order valence-corrected chi connectivity index (χ2v) is 9.71. The van der Waals surface area contributed by atoms with Crippen LogP contribution in [-0.4, -0.2) is 50.5 Å². The topological polar surface area (TPSA) is 86.8 Å². The van der Waals surface area contributed by atoms with E-state index in [2.05, 4.69) is 5.32 Å². The molecule has 10 heteroatoms. The largest absolute Gasteiger partial charge is 0.354 e. The minimum atomic E-state index is -3.82. The van der Waals surface area contributed by atoms with Crippen LogP contribution in [0.15, 0.2) is 48.5 Å². The molecule has 32 heavy (non-hydrogen) atoms. The van der Waals surface area contributed by atoms with Gasteiger partial charge in [-0.25, -0.2) is 12.8 Å². The van der Waals surface area contributed by atoms with Crippen LogP contribution in [0, 0.1) is 5.82 Å². The zero-order valence-electron chi connectivity index (χ0n) is 18.2. The maximum Gasteiger partial charge on any atom is 0.244 e. The van der Waals surface area contributed by atoms with Crippen LogP contribution in [0.1, 0.15) is 25.8 Å². The standard InChI is InChI=1S/C22H27ClFN3O4S/c1-4-12-25-22(29)16(2)26(14-17-8-10-19(24)11-9-17)21(28)15-27(32(3,30)31)20-7-5-6-18(23)13-20/h5-11,13,16H,4,12,14-15H2,1-3H3,(H,25,29)/t16-/m0/s1. The zero-order chi connectivity index (χ0) is 23.9. The van der Waals surface area contributed by atoms with Gasteiger partial charge in [-0.3, -0.25) is 13.9 Å². The quantitative estimate of drug-likeness (QED) is 0.562. The molecule has 0 heterocycles.